The SMILES string of the molecule is CCC1(c2nnc(CCNC(C)C)s2)CCCC1. The van der Waals surface area contributed by atoms with Gasteiger partial charge in [-0.3, -0.25) is 0 Å². The van der Waals surface area contributed by atoms with Crippen LogP contribution in [0.4, 0.5) is 0 Å². The van der Waals surface area contributed by atoms with Gasteiger partial charge in [-0.05, 0) is 19.3 Å². The molecule has 0 bridgehead atoms. The molecule has 18 heavy (non-hydrogen) atoms. The van der Waals surface area contributed by atoms with E-state index in [1.54, 1.807) is 0 Å². The number of hydrogen-bond acceptors (Lipinski definition) is 4. The van der Waals surface area contributed by atoms with E-state index in [1.807, 2.05) is 11.3 Å². The van der Waals surface area contributed by atoms with Gasteiger partial charge in [0, 0.05) is 24.4 Å². The normalized spacial score (nSPS) is 18.7. The molecule has 0 amide bonds. The molecule has 4 heteroatoms. The van der Waals surface area contributed by atoms with Crippen LogP contribution >= 0.6 is 11.3 Å². The molecule has 1 fully saturated rings. The number of aromatic nitrogens is 2. The molecule has 1 N–H and O–H groups in total. The van der Waals surface area contributed by atoms with Crippen LogP contribution in [0.3, 0.4) is 0 Å². The van der Waals surface area contributed by atoms with E-state index in [-0.39, 0.29) is 0 Å². The second-order valence-corrected chi connectivity index (χ2v) is 6.76. The lowest BCUT2D eigenvalue weighted by Crippen LogP contribution is -2.24. The monoisotopic (exact) mass is 267 g/mol. The largest absolute Gasteiger partial charge is 0.314 e. The summed E-state index contributed by atoms with van der Waals surface area (Å²) in [7, 11) is 0. The highest BCUT2D eigenvalue weighted by Crippen LogP contribution is 2.44. The van der Waals surface area contributed by atoms with Crippen molar-refractivity contribution in [2.24, 2.45) is 0 Å². The smallest absolute Gasteiger partial charge is 0.123 e. The molecule has 0 atom stereocenters. The molecular weight excluding hydrogens is 242 g/mol. The van der Waals surface area contributed by atoms with E-state index in [0.29, 0.717) is 11.5 Å². The maximum absolute atomic E-state index is 4.48. The number of rotatable bonds is 6. The van der Waals surface area contributed by atoms with Crippen LogP contribution in [0.1, 0.15) is 62.9 Å². The topological polar surface area (TPSA) is 37.8 Å². The standard InChI is InChI=1S/C14H25N3S/c1-4-14(8-5-6-9-14)13-17-16-12(18-13)7-10-15-11(2)3/h11,15H,4-10H2,1-3H3. The molecule has 1 saturated carbocycles. The minimum atomic E-state index is 0.362. The summed E-state index contributed by atoms with van der Waals surface area (Å²) in [5.41, 5.74) is 0.362. The number of hydrogen-bond donors (Lipinski definition) is 1. The second-order valence-electron chi connectivity index (χ2n) is 5.70. The molecule has 0 aromatic carbocycles. The molecule has 0 saturated heterocycles. The zero-order valence-corrected chi connectivity index (χ0v) is 12.6. The van der Waals surface area contributed by atoms with Gasteiger partial charge in [-0.25, -0.2) is 0 Å². The lowest BCUT2D eigenvalue weighted by molar-refractivity contribution is 0.419. The first-order valence-electron chi connectivity index (χ1n) is 7.22. The predicted octanol–water partition coefficient (Wildman–Crippen LogP) is 3.30. The highest BCUT2D eigenvalue weighted by atomic mass is 32.1. The van der Waals surface area contributed by atoms with E-state index in [2.05, 4.69) is 36.3 Å². The molecule has 1 aliphatic rings. The summed E-state index contributed by atoms with van der Waals surface area (Å²) >= 11 is 1.84. The van der Waals surface area contributed by atoms with Crippen molar-refractivity contribution in [2.75, 3.05) is 6.54 Å². The first-order chi connectivity index (χ1) is 8.66. The van der Waals surface area contributed by atoms with Crippen molar-refractivity contribution in [1.29, 1.82) is 0 Å². The summed E-state index contributed by atoms with van der Waals surface area (Å²) in [6.07, 6.45) is 7.56. The summed E-state index contributed by atoms with van der Waals surface area (Å²) in [6.45, 7) is 7.66. The van der Waals surface area contributed by atoms with Gasteiger partial charge >= 0.3 is 0 Å². The van der Waals surface area contributed by atoms with Crippen LogP contribution in [0.5, 0.6) is 0 Å². The fourth-order valence-corrected chi connectivity index (χ4v) is 3.96. The summed E-state index contributed by atoms with van der Waals surface area (Å²) in [5, 5.41) is 14.8. The molecule has 102 valence electrons. The Kier molecular flexibility index (Phi) is 4.73. The Hall–Kier alpha value is -0.480. The van der Waals surface area contributed by atoms with E-state index in [1.165, 1.54) is 42.1 Å². The van der Waals surface area contributed by atoms with Crippen LogP contribution in [0.15, 0.2) is 0 Å². The summed E-state index contributed by atoms with van der Waals surface area (Å²) < 4.78 is 0. The van der Waals surface area contributed by atoms with Crippen LogP contribution in [0.2, 0.25) is 0 Å². The molecule has 1 heterocycles. The van der Waals surface area contributed by atoms with Gasteiger partial charge in [0.2, 0.25) is 0 Å². The van der Waals surface area contributed by atoms with Gasteiger partial charge in [-0.15, -0.1) is 21.5 Å². The maximum atomic E-state index is 4.48. The minimum Gasteiger partial charge on any atom is -0.314 e. The van der Waals surface area contributed by atoms with E-state index in [0.717, 1.165) is 13.0 Å². The van der Waals surface area contributed by atoms with Crippen LogP contribution < -0.4 is 5.32 Å². The van der Waals surface area contributed by atoms with Gasteiger partial charge in [0.05, 0.1) is 0 Å². The van der Waals surface area contributed by atoms with Crippen molar-refractivity contribution in [3.05, 3.63) is 10.0 Å². The maximum Gasteiger partial charge on any atom is 0.123 e. The Labute approximate surface area is 114 Å². The lowest BCUT2D eigenvalue weighted by atomic mass is 9.84. The third-order valence-corrected chi connectivity index (χ3v) is 5.28. The third-order valence-electron chi connectivity index (χ3n) is 4.05. The molecule has 0 unspecified atom stereocenters. The van der Waals surface area contributed by atoms with Crippen LogP contribution in [0.25, 0.3) is 0 Å². The van der Waals surface area contributed by atoms with Crippen molar-refractivity contribution in [3.8, 4) is 0 Å². The molecule has 1 aromatic rings. The Morgan fingerprint density at radius 1 is 1.28 bits per heavy atom. The Bertz CT molecular complexity index is 367. The quantitative estimate of drug-likeness (QED) is 0.859. The lowest BCUT2D eigenvalue weighted by Gasteiger charge is -2.23. The van der Waals surface area contributed by atoms with E-state index >= 15 is 0 Å². The zero-order chi connectivity index (χ0) is 13.0. The number of nitrogens with one attached hydrogen (secondary N) is 1. The first kappa shape index (κ1) is 13.9. The summed E-state index contributed by atoms with van der Waals surface area (Å²) in [4.78, 5) is 0. The van der Waals surface area contributed by atoms with Crippen LogP contribution in [0, 0.1) is 0 Å². The molecular formula is C14H25N3S. The average molecular weight is 267 g/mol. The Morgan fingerprint density at radius 2 is 2.00 bits per heavy atom. The molecule has 1 aromatic heterocycles. The average Bonchev–Trinajstić information content (AvgIpc) is 2.97. The van der Waals surface area contributed by atoms with Crippen molar-refractivity contribution >= 4 is 11.3 Å². The molecule has 1 aliphatic carbocycles. The third kappa shape index (κ3) is 3.09. The van der Waals surface area contributed by atoms with Crippen LogP contribution in [-0.2, 0) is 11.8 Å². The predicted molar refractivity (Wildman–Crippen MR) is 77.2 cm³/mol. The van der Waals surface area contributed by atoms with Crippen molar-refractivity contribution in [1.82, 2.24) is 15.5 Å². The zero-order valence-electron chi connectivity index (χ0n) is 11.8. The Morgan fingerprint density at radius 3 is 2.61 bits per heavy atom. The molecule has 0 aliphatic heterocycles. The van der Waals surface area contributed by atoms with Gasteiger partial charge in [-0.1, -0.05) is 33.6 Å². The summed E-state index contributed by atoms with van der Waals surface area (Å²) in [6, 6.07) is 0.550. The van der Waals surface area contributed by atoms with E-state index in [4.69, 9.17) is 0 Å². The summed E-state index contributed by atoms with van der Waals surface area (Å²) in [5.74, 6) is 0. The van der Waals surface area contributed by atoms with Gasteiger partial charge in [-0.2, -0.15) is 0 Å². The van der Waals surface area contributed by atoms with Gasteiger partial charge in [0.15, 0.2) is 0 Å². The fourth-order valence-electron chi connectivity index (χ4n) is 2.81. The first-order valence-corrected chi connectivity index (χ1v) is 8.04. The number of nitrogens with zero attached hydrogens (tertiary/aromatic N) is 2. The van der Waals surface area contributed by atoms with E-state index in [9.17, 15) is 0 Å². The molecule has 3 nitrogen and oxygen atoms in total. The van der Waals surface area contributed by atoms with Gasteiger partial charge < -0.3 is 5.32 Å². The highest BCUT2D eigenvalue weighted by Gasteiger charge is 2.36. The molecule has 2 rings (SSSR count). The molecule has 0 radical (unpaired) electrons. The van der Waals surface area contributed by atoms with Crippen molar-refractivity contribution < 1.29 is 0 Å². The van der Waals surface area contributed by atoms with E-state index < -0.39 is 0 Å². The van der Waals surface area contributed by atoms with Gasteiger partial charge in [0.25, 0.3) is 0 Å². The van der Waals surface area contributed by atoms with Gasteiger partial charge in [0.1, 0.15) is 10.0 Å². The minimum absolute atomic E-state index is 0.362. The fraction of sp³-hybridized carbons (Fsp3) is 0.857. The van der Waals surface area contributed by atoms with Crippen molar-refractivity contribution in [2.45, 2.75) is 70.8 Å². The van der Waals surface area contributed by atoms with Crippen molar-refractivity contribution in [3.63, 3.8) is 0 Å². The second kappa shape index (κ2) is 6.11. The van der Waals surface area contributed by atoms with Crippen LogP contribution in [-0.4, -0.2) is 22.8 Å². The Balaban J connectivity index is 1.96. The highest BCUT2D eigenvalue weighted by molar-refractivity contribution is 7.11. The molecule has 0 spiro atoms.